The second kappa shape index (κ2) is 8.51. The van der Waals surface area contributed by atoms with E-state index in [1.54, 1.807) is 24.7 Å². The molecule has 2 unspecified atom stereocenters. The number of aromatic nitrogens is 2. The zero-order valence-corrected chi connectivity index (χ0v) is 23.5. The van der Waals surface area contributed by atoms with Crippen LogP contribution >= 0.6 is 0 Å². The van der Waals surface area contributed by atoms with Crippen molar-refractivity contribution in [2.45, 2.75) is 76.9 Å². The van der Waals surface area contributed by atoms with Gasteiger partial charge in [-0.25, -0.2) is 9.78 Å². The first-order chi connectivity index (χ1) is 17.3. The minimum Gasteiger partial charge on any atom is -0.460 e. The Morgan fingerprint density at radius 1 is 1.27 bits per heavy atom. The van der Waals surface area contributed by atoms with E-state index in [0.29, 0.717) is 40.3 Å². The molecule has 0 aliphatic carbocycles. The van der Waals surface area contributed by atoms with Crippen LogP contribution in [0.1, 0.15) is 43.9 Å². The van der Waals surface area contributed by atoms with Gasteiger partial charge in [0, 0.05) is 36.1 Å². The largest absolute Gasteiger partial charge is 0.460 e. The first-order valence-electron chi connectivity index (χ1n) is 12.7. The molecule has 0 amide bonds. The summed E-state index contributed by atoms with van der Waals surface area (Å²) in [6.45, 7) is 12.9. The third-order valence-electron chi connectivity index (χ3n) is 8.31. The molecule has 0 radical (unpaired) electrons. The number of fused-ring (bicyclic) bond motifs is 5. The van der Waals surface area contributed by atoms with Gasteiger partial charge in [-0.2, -0.15) is 0 Å². The molecule has 37 heavy (non-hydrogen) atoms. The number of carbonyl (C=O) groups excluding carboxylic acids is 1. The van der Waals surface area contributed by atoms with Gasteiger partial charge in [0.05, 0.1) is 31.6 Å². The van der Waals surface area contributed by atoms with Crippen LogP contribution in [0.4, 0.5) is 0 Å². The van der Waals surface area contributed by atoms with E-state index in [0.717, 1.165) is 10.9 Å². The highest BCUT2D eigenvalue weighted by Crippen LogP contribution is 2.42. The number of aliphatic hydroxyl groups is 1. The van der Waals surface area contributed by atoms with E-state index in [1.165, 1.54) is 0 Å². The van der Waals surface area contributed by atoms with Crippen molar-refractivity contribution in [1.82, 2.24) is 9.55 Å². The minimum atomic E-state index is -1.86. The van der Waals surface area contributed by atoms with Crippen molar-refractivity contribution in [2.75, 3.05) is 7.11 Å². The van der Waals surface area contributed by atoms with Gasteiger partial charge in [-0.3, -0.25) is 4.79 Å². The number of rotatable bonds is 6. The van der Waals surface area contributed by atoms with Crippen molar-refractivity contribution >= 4 is 24.9 Å². The lowest BCUT2D eigenvalue weighted by Gasteiger charge is -2.40. The summed E-state index contributed by atoms with van der Waals surface area (Å²) in [5.74, 6) is -0.976. The van der Waals surface area contributed by atoms with Gasteiger partial charge in [0.25, 0.3) is 5.56 Å². The van der Waals surface area contributed by atoms with Crippen LogP contribution in [0.5, 0.6) is 5.75 Å². The molecule has 0 saturated carbocycles. The molecule has 5 rings (SSSR count). The minimum absolute atomic E-state index is 0.0998. The number of esters is 1. The molecule has 0 spiro atoms. The first kappa shape index (κ1) is 25.6. The van der Waals surface area contributed by atoms with E-state index in [4.69, 9.17) is 19.2 Å². The van der Waals surface area contributed by atoms with Crippen LogP contribution in [0.3, 0.4) is 0 Å². The number of nitrogens with zero attached hydrogens (tertiary/aromatic N) is 2. The zero-order valence-electron chi connectivity index (χ0n) is 22.5. The number of pyridine rings is 2. The van der Waals surface area contributed by atoms with Crippen LogP contribution in [-0.4, -0.2) is 41.6 Å². The van der Waals surface area contributed by atoms with Crippen molar-refractivity contribution < 1.29 is 24.1 Å². The highest BCUT2D eigenvalue weighted by molar-refractivity contribution is 6.77. The normalized spacial score (nSPS) is 21.0. The van der Waals surface area contributed by atoms with Gasteiger partial charge in [-0.1, -0.05) is 45.6 Å². The lowest BCUT2D eigenvalue weighted by atomic mass is 9.86. The zero-order chi connectivity index (χ0) is 26.9. The topological polar surface area (TPSA) is 99.9 Å². The maximum Gasteiger partial charge on any atom is 0.343 e. The maximum atomic E-state index is 13.4. The lowest BCUT2D eigenvalue weighted by molar-refractivity contribution is -0.172. The fourth-order valence-electron chi connectivity index (χ4n) is 5.37. The van der Waals surface area contributed by atoms with E-state index < -0.39 is 25.4 Å². The number of carbonyl (C=O) groups is 1. The molecule has 2 aliphatic rings. The summed E-state index contributed by atoms with van der Waals surface area (Å²) in [4.78, 5) is 30.9. The van der Waals surface area contributed by atoms with Gasteiger partial charge in [-0.05, 0) is 24.6 Å². The van der Waals surface area contributed by atoms with Gasteiger partial charge in [0.1, 0.15) is 17.9 Å². The standard InChI is InChI=1S/C28H34N2O6Si/c1-8-28(33)20-13-21-23-18(14-30(21)25(31)19(20)15-35-26(28)32)12-17-10-9-11-22(24(17)29-23)36-27(3,34-4)16(2)37(5,6)7/h9-13,16,33H,8,14-15H2,1-7H3/t16?,27?,28-/m0/s1. The molecule has 3 atom stereocenters. The van der Waals surface area contributed by atoms with Crippen LogP contribution in [0.15, 0.2) is 35.1 Å². The number of methoxy groups -OCH3 is 1. The molecule has 196 valence electrons. The Hall–Kier alpha value is -3.01. The van der Waals surface area contributed by atoms with Crippen LogP contribution in [-0.2, 0) is 33.0 Å². The average molecular weight is 523 g/mol. The lowest BCUT2D eigenvalue weighted by Crippen LogP contribution is -2.48. The van der Waals surface area contributed by atoms with E-state index in [-0.39, 0.29) is 24.1 Å². The Kier molecular flexibility index (Phi) is 5.89. The summed E-state index contributed by atoms with van der Waals surface area (Å²) in [5, 5.41) is 12.0. The molecular weight excluding hydrogens is 488 g/mol. The molecule has 4 heterocycles. The Bertz CT molecular complexity index is 1490. The number of para-hydroxylation sites is 1. The Morgan fingerprint density at radius 2 is 2.00 bits per heavy atom. The SMILES string of the molecule is CC[C@@]1(O)C(=O)OCc2c1cc1n(c2=O)Cc2cc3cccc(OC(C)(OC)C(C)[Si](C)(C)C)c3nc2-1. The van der Waals surface area contributed by atoms with Gasteiger partial charge >= 0.3 is 5.97 Å². The van der Waals surface area contributed by atoms with Gasteiger partial charge in [-0.15, -0.1) is 0 Å². The van der Waals surface area contributed by atoms with Crippen molar-refractivity contribution in [2.24, 2.45) is 0 Å². The number of hydrogen-bond donors (Lipinski definition) is 1. The first-order valence-corrected chi connectivity index (χ1v) is 16.3. The second-order valence-electron chi connectivity index (χ2n) is 11.3. The molecule has 3 aromatic rings. The fraction of sp³-hybridized carbons (Fsp3) is 0.464. The predicted molar refractivity (Wildman–Crippen MR) is 143 cm³/mol. The van der Waals surface area contributed by atoms with Crippen LogP contribution in [0.2, 0.25) is 25.2 Å². The highest BCUT2D eigenvalue weighted by Gasteiger charge is 2.45. The molecule has 1 N–H and O–H groups in total. The molecule has 0 bridgehead atoms. The second-order valence-corrected chi connectivity index (χ2v) is 16.9. The van der Waals surface area contributed by atoms with Crippen LogP contribution < -0.4 is 10.3 Å². The highest BCUT2D eigenvalue weighted by atomic mass is 28.3. The van der Waals surface area contributed by atoms with Crippen molar-refractivity contribution in [3.8, 4) is 17.1 Å². The maximum absolute atomic E-state index is 13.4. The molecule has 8 nitrogen and oxygen atoms in total. The van der Waals surface area contributed by atoms with E-state index in [1.807, 2.05) is 31.2 Å². The third kappa shape index (κ3) is 3.83. The molecular formula is C28H34N2O6Si. The van der Waals surface area contributed by atoms with Crippen molar-refractivity contribution in [3.63, 3.8) is 0 Å². The quantitative estimate of drug-likeness (QED) is 0.225. The molecule has 9 heteroatoms. The van der Waals surface area contributed by atoms with Crippen molar-refractivity contribution in [1.29, 1.82) is 0 Å². The number of hydrogen-bond acceptors (Lipinski definition) is 7. The molecule has 0 fully saturated rings. The van der Waals surface area contributed by atoms with E-state index in [9.17, 15) is 14.7 Å². The van der Waals surface area contributed by atoms with Gasteiger partial charge in [0.2, 0.25) is 5.79 Å². The Morgan fingerprint density at radius 3 is 2.65 bits per heavy atom. The average Bonchev–Trinajstić information content (AvgIpc) is 3.22. The Labute approximate surface area is 217 Å². The number of ether oxygens (including phenoxy) is 3. The summed E-state index contributed by atoms with van der Waals surface area (Å²) >= 11 is 0. The summed E-state index contributed by atoms with van der Waals surface area (Å²) in [6.07, 6.45) is 0.0998. The van der Waals surface area contributed by atoms with E-state index >= 15 is 0 Å². The fourth-order valence-corrected chi connectivity index (χ4v) is 7.12. The van der Waals surface area contributed by atoms with Crippen LogP contribution in [0.25, 0.3) is 22.3 Å². The molecule has 2 aromatic heterocycles. The third-order valence-corrected chi connectivity index (χ3v) is 11.4. The van der Waals surface area contributed by atoms with Crippen LogP contribution in [0, 0.1) is 0 Å². The smallest absolute Gasteiger partial charge is 0.343 e. The number of benzene rings is 1. The molecule has 2 aliphatic heterocycles. The van der Waals surface area contributed by atoms with Gasteiger partial charge < -0.3 is 23.9 Å². The molecule has 1 aromatic carbocycles. The molecule has 0 saturated heterocycles. The summed E-state index contributed by atoms with van der Waals surface area (Å²) in [6, 6.07) is 9.53. The van der Waals surface area contributed by atoms with Gasteiger partial charge in [0.15, 0.2) is 5.60 Å². The summed E-state index contributed by atoms with van der Waals surface area (Å²) in [7, 11) is 0.0494. The monoisotopic (exact) mass is 522 g/mol. The number of cyclic esters (lactones) is 1. The van der Waals surface area contributed by atoms with Crippen molar-refractivity contribution in [3.05, 3.63) is 57.4 Å². The summed E-state index contributed by atoms with van der Waals surface area (Å²) < 4.78 is 19.3. The van der Waals surface area contributed by atoms with E-state index in [2.05, 4.69) is 26.6 Å². The predicted octanol–water partition coefficient (Wildman–Crippen LogP) is 4.55. The Balaban J connectivity index is 1.67. The summed E-state index contributed by atoms with van der Waals surface area (Å²) in [5.41, 5.74) is 1.43.